The predicted molar refractivity (Wildman–Crippen MR) is 78.9 cm³/mol. The van der Waals surface area contributed by atoms with Gasteiger partial charge in [0.25, 0.3) is 10.0 Å². The highest BCUT2D eigenvalue weighted by Crippen LogP contribution is 2.24. The Labute approximate surface area is 126 Å². The van der Waals surface area contributed by atoms with Crippen LogP contribution in [0, 0.1) is 13.8 Å². The van der Waals surface area contributed by atoms with Gasteiger partial charge in [-0.3, -0.25) is 9.40 Å². The molecule has 2 N–H and O–H groups in total. The smallest absolute Gasteiger partial charge is 0.267 e. The van der Waals surface area contributed by atoms with Crippen LogP contribution in [-0.4, -0.2) is 40.1 Å². The van der Waals surface area contributed by atoms with E-state index in [-0.39, 0.29) is 23.2 Å². The van der Waals surface area contributed by atoms with Gasteiger partial charge in [-0.05, 0) is 20.3 Å². The molecular formula is C11H17N5O3S2. The van der Waals surface area contributed by atoms with Gasteiger partial charge in [0.15, 0.2) is 0 Å². The summed E-state index contributed by atoms with van der Waals surface area (Å²) in [6.45, 7) is 5.34. The van der Waals surface area contributed by atoms with Crippen molar-refractivity contribution in [2.24, 2.45) is 0 Å². The number of sulfonamides is 1. The van der Waals surface area contributed by atoms with Crippen LogP contribution in [0.2, 0.25) is 0 Å². The Bertz CT molecular complexity index is 735. The lowest BCUT2D eigenvalue weighted by atomic mass is 10.4. The molecule has 116 valence electrons. The van der Waals surface area contributed by atoms with Gasteiger partial charge in [0.2, 0.25) is 5.13 Å². The molecule has 2 rings (SSSR count). The van der Waals surface area contributed by atoms with E-state index in [1.54, 1.807) is 13.8 Å². The van der Waals surface area contributed by atoms with Crippen molar-refractivity contribution in [2.75, 3.05) is 11.3 Å². The summed E-state index contributed by atoms with van der Waals surface area (Å²) in [5, 5.41) is 21.8. The van der Waals surface area contributed by atoms with E-state index in [1.165, 1.54) is 16.0 Å². The molecule has 8 nitrogen and oxygen atoms in total. The second-order valence-corrected chi connectivity index (χ2v) is 7.09. The second kappa shape index (κ2) is 6.08. The Balaban J connectivity index is 2.35. The first-order valence-electron chi connectivity index (χ1n) is 6.39. The maximum atomic E-state index is 12.5. The molecule has 21 heavy (non-hydrogen) atoms. The predicted octanol–water partition coefficient (Wildman–Crippen LogP) is 0.707. The van der Waals surface area contributed by atoms with E-state index in [4.69, 9.17) is 5.11 Å². The van der Waals surface area contributed by atoms with Crippen molar-refractivity contribution in [3.63, 3.8) is 0 Å². The van der Waals surface area contributed by atoms with Gasteiger partial charge < -0.3 is 5.11 Å². The second-order valence-electron chi connectivity index (χ2n) is 4.41. The standard InChI is InChI=1S/C11H17N5O3S2/c1-4-9-12-13-11(20-9)15-21(18,19)10-7(2)14-16(5-6-17)8(10)3/h17H,4-6H2,1-3H3,(H,13,15). The van der Waals surface area contributed by atoms with Crippen LogP contribution in [0.3, 0.4) is 0 Å². The summed E-state index contributed by atoms with van der Waals surface area (Å²) >= 11 is 1.20. The van der Waals surface area contributed by atoms with Crippen LogP contribution in [-0.2, 0) is 23.0 Å². The van der Waals surface area contributed by atoms with Crippen molar-refractivity contribution in [3.05, 3.63) is 16.4 Å². The number of aromatic nitrogens is 4. The molecule has 10 heteroatoms. The number of rotatable bonds is 6. The van der Waals surface area contributed by atoms with Crippen molar-refractivity contribution < 1.29 is 13.5 Å². The Morgan fingerprint density at radius 1 is 1.33 bits per heavy atom. The van der Waals surface area contributed by atoms with Gasteiger partial charge in [0, 0.05) is 0 Å². The summed E-state index contributed by atoms with van der Waals surface area (Å²) in [5.41, 5.74) is 0.864. The number of aliphatic hydroxyl groups is 1. The van der Waals surface area contributed by atoms with Gasteiger partial charge in [0.1, 0.15) is 9.90 Å². The van der Waals surface area contributed by atoms with Crippen LogP contribution in [0.5, 0.6) is 0 Å². The van der Waals surface area contributed by atoms with E-state index < -0.39 is 10.0 Å². The first-order chi connectivity index (χ1) is 9.89. The summed E-state index contributed by atoms with van der Waals surface area (Å²) < 4.78 is 28.8. The third-order valence-electron chi connectivity index (χ3n) is 2.89. The molecule has 2 heterocycles. The molecule has 0 unspecified atom stereocenters. The van der Waals surface area contributed by atoms with E-state index in [0.717, 1.165) is 5.01 Å². The Hall–Kier alpha value is -1.52. The fourth-order valence-corrected chi connectivity index (χ4v) is 4.31. The first-order valence-corrected chi connectivity index (χ1v) is 8.69. The zero-order valence-corrected chi connectivity index (χ0v) is 13.6. The van der Waals surface area contributed by atoms with Gasteiger partial charge in [0.05, 0.1) is 24.5 Å². The molecule has 0 aliphatic rings. The number of nitrogens with zero attached hydrogens (tertiary/aromatic N) is 4. The van der Waals surface area contributed by atoms with E-state index in [0.29, 0.717) is 17.8 Å². The third kappa shape index (κ3) is 3.22. The molecule has 2 aromatic heterocycles. The lowest BCUT2D eigenvalue weighted by Gasteiger charge is -2.05. The van der Waals surface area contributed by atoms with Crippen LogP contribution in [0.15, 0.2) is 4.90 Å². The van der Waals surface area contributed by atoms with E-state index in [2.05, 4.69) is 20.0 Å². The third-order valence-corrected chi connectivity index (χ3v) is 5.59. The molecule has 0 aliphatic heterocycles. The van der Waals surface area contributed by atoms with Crippen molar-refractivity contribution >= 4 is 26.5 Å². The average Bonchev–Trinajstić information content (AvgIpc) is 2.95. The maximum Gasteiger partial charge on any atom is 0.267 e. The molecule has 0 bridgehead atoms. The van der Waals surface area contributed by atoms with Gasteiger partial charge in [-0.25, -0.2) is 8.42 Å². The van der Waals surface area contributed by atoms with E-state index in [9.17, 15) is 8.42 Å². The highest BCUT2D eigenvalue weighted by Gasteiger charge is 2.25. The van der Waals surface area contributed by atoms with Gasteiger partial charge in [-0.1, -0.05) is 18.3 Å². The molecule has 0 amide bonds. The van der Waals surface area contributed by atoms with Crippen LogP contribution in [0.1, 0.15) is 23.3 Å². The summed E-state index contributed by atoms with van der Waals surface area (Å²) in [5.74, 6) is 0. The van der Waals surface area contributed by atoms with Gasteiger partial charge in [-0.2, -0.15) is 5.10 Å². The first kappa shape index (κ1) is 15.9. The van der Waals surface area contributed by atoms with Crippen LogP contribution < -0.4 is 4.72 Å². The topological polar surface area (TPSA) is 110 Å². The quantitative estimate of drug-likeness (QED) is 0.806. The van der Waals surface area contributed by atoms with Gasteiger partial charge >= 0.3 is 0 Å². The summed E-state index contributed by atoms with van der Waals surface area (Å²) in [7, 11) is -3.77. The van der Waals surface area contributed by atoms with Crippen LogP contribution in [0.4, 0.5) is 5.13 Å². The lowest BCUT2D eigenvalue weighted by molar-refractivity contribution is 0.267. The molecule has 0 saturated heterocycles. The molecule has 2 aromatic rings. The number of hydrogen-bond donors (Lipinski definition) is 2. The van der Waals surface area contributed by atoms with Crippen molar-refractivity contribution in [1.29, 1.82) is 0 Å². The van der Waals surface area contributed by atoms with Crippen molar-refractivity contribution in [2.45, 2.75) is 38.6 Å². The summed E-state index contributed by atoms with van der Waals surface area (Å²) in [4.78, 5) is 0.115. The SMILES string of the molecule is CCc1nnc(NS(=O)(=O)c2c(C)nn(CCO)c2C)s1. The minimum Gasteiger partial charge on any atom is -0.394 e. The normalized spacial score (nSPS) is 11.8. The average molecular weight is 331 g/mol. The van der Waals surface area contributed by atoms with Gasteiger partial charge in [-0.15, -0.1) is 10.2 Å². The lowest BCUT2D eigenvalue weighted by Crippen LogP contribution is -2.15. The molecule has 0 fully saturated rings. The number of hydrogen-bond acceptors (Lipinski definition) is 7. The Kier molecular flexibility index (Phi) is 4.59. The zero-order chi connectivity index (χ0) is 15.6. The fourth-order valence-electron chi connectivity index (χ4n) is 1.99. The van der Waals surface area contributed by atoms with E-state index in [1.807, 2.05) is 6.92 Å². The van der Waals surface area contributed by atoms with Crippen LogP contribution in [0.25, 0.3) is 0 Å². The molecular weight excluding hydrogens is 314 g/mol. The molecule has 0 spiro atoms. The monoisotopic (exact) mass is 331 g/mol. The summed E-state index contributed by atoms with van der Waals surface area (Å²) in [6, 6.07) is 0. The van der Waals surface area contributed by atoms with Crippen molar-refractivity contribution in [3.8, 4) is 0 Å². The van der Waals surface area contributed by atoms with Crippen molar-refractivity contribution in [1.82, 2.24) is 20.0 Å². The largest absolute Gasteiger partial charge is 0.394 e. The zero-order valence-electron chi connectivity index (χ0n) is 12.0. The molecule has 0 atom stereocenters. The fraction of sp³-hybridized carbons (Fsp3) is 0.545. The highest BCUT2D eigenvalue weighted by molar-refractivity contribution is 7.93. The number of nitrogens with one attached hydrogen (secondary N) is 1. The Morgan fingerprint density at radius 2 is 2.05 bits per heavy atom. The Morgan fingerprint density at radius 3 is 2.62 bits per heavy atom. The minimum absolute atomic E-state index is 0.106. The van der Waals surface area contributed by atoms with Crippen LogP contribution >= 0.6 is 11.3 Å². The number of aliphatic hydroxyl groups excluding tert-OH is 1. The maximum absolute atomic E-state index is 12.5. The summed E-state index contributed by atoms with van der Waals surface area (Å²) in [6.07, 6.45) is 0.700. The molecule has 0 aromatic carbocycles. The molecule has 0 saturated carbocycles. The number of aryl methyl sites for hydroxylation is 2. The van der Waals surface area contributed by atoms with E-state index >= 15 is 0 Å². The number of anilines is 1. The molecule has 0 aliphatic carbocycles. The minimum atomic E-state index is -3.77. The molecule has 0 radical (unpaired) electrons. The highest BCUT2D eigenvalue weighted by atomic mass is 32.2.